The number of ether oxygens (including phenoxy) is 1. The number of rotatable bonds is 10. The third-order valence-electron chi connectivity index (χ3n) is 9.14. The third-order valence-corrected chi connectivity index (χ3v) is 9.14. The van der Waals surface area contributed by atoms with Crippen LogP contribution < -0.4 is 10.1 Å². The van der Waals surface area contributed by atoms with Crippen LogP contribution in [0.3, 0.4) is 0 Å². The van der Waals surface area contributed by atoms with Crippen molar-refractivity contribution in [3.8, 4) is 5.75 Å². The number of likely N-dealkylation sites (tertiary alicyclic amines) is 1. The predicted octanol–water partition coefficient (Wildman–Crippen LogP) is 3.62. The molecule has 0 spiro atoms. The Bertz CT molecular complexity index is 1030. The van der Waals surface area contributed by atoms with Crippen molar-refractivity contribution in [2.75, 3.05) is 33.3 Å². The zero-order chi connectivity index (χ0) is 28.9. The van der Waals surface area contributed by atoms with E-state index < -0.39 is 17.4 Å². The lowest BCUT2D eigenvalue weighted by Gasteiger charge is -2.42. The van der Waals surface area contributed by atoms with Crippen LogP contribution in [0.1, 0.15) is 76.8 Å². The van der Waals surface area contributed by atoms with Crippen LogP contribution in [0.25, 0.3) is 0 Å². The first-order valence-electron chi connectivity index (χ1n) is 15.0. The zero-order valence-corrected chi connectivity index (χ0v) is 24.7. The lowest BCUT2D eigenvalue weighted by atomic mass is 9.84. The average Bonchev–Trinajstić information content (AvgIpc) is 3.47. The topological polar surface area (TPSA) is 102 Å². The summed E-state index contributed by atoms with van der Waals surface area (Å²) in [5.41, 5.74) is 2.22. The van der Waals surface area contributed by atoms with Crippen LogP contribution >= 0.6 is 0 Å². The molecule has 1 aromatic rings. The van der Waals surface area contributed by atoms with Gasteiger partial charge in [0.25, 0.3) is 0 Å². The molecule has 2 N–H and O–H groups in total. The van der Waals surface area contributed by atoms with Gasteiger partial charge in [-0.1, -0.05) is 52.5 Å². The van der Waals surface area contributed by atoms with Crippen LogP contribution in [0.2, 0.25) is 0 Å². The average molecular weight is 557 g/mol. The molecule has 1 aromatic carbocycles. The van der Waals surface area contributed by atoms with Gasteiger partial charge in [-0.05, 0) is 60.3 Å². The standard InChI is InChI=1S/C31H48N4O5/c1-31(2,3)28(32-29(37)25(20-35(39)21-36)17-22-7-5-6-8-22)30(38)33-15-12-26(13-16-33)34-14-11-23-9-10-27(40-4)18-24(23)19-34/h9-10,18,21-22,25-26,28,39H,5-8,11-17,19-20H2,1-4H3,(H,32,37)/t25-,28-/m1/s1. The van der Waals surface area contributed by atoms with Crippen molar-refractivity contribution < 1.29 is 24.3 Å². The molecule has 0 bridgehead atoms. The minimum absolute atomic E-state index is 0.0520. The number of carbonyl (C=O) groups excluding carboxylic acids is 3. The van der Waals surface area contributed by atoms with E-state index in [9.17, 15) is 19.6 Å². The minimum atomic E-state index is -0.680. The highest BCUT2D eigenvalue weighted by Crippen LogP contribution is 2.32. The molecule has 2 aliphatic heterocycles. The van der Waals surface area contributed by atoms with Gasteiger partial charge >= 0.3 is 0 Å². The molecular formula is C31H48N4O5. The van der Waals surface area contributed by atoms with Gasteiger partial charge in [0.15, 0.2) is 0 Å². The molecule has 222 valence electrons. The van der Waals surface area contributed by atoms with Gasteiger partial charge in [0, 0.05) is 32.2 Å². The highest BCUT2D eigenvalue weighted by Gasteiger charge is 2.39. The lowest BCUT2D eigenvalue weighted by molar-refractivity contribution is -0.156. The molecule has 0 unspecified atom stereocenters. The Morgan fingerprint density at radius 1 is 1.12 bits per heavy atom. The Morgan fingerprint density at radius 2 is 1.82 bits per heavy atom. The Kier molecular flexibility index (Phi) is 10.1. The number of benzene rings is 1. The van der Waals surface area contributed by atoms with E-state index in [1.807, 2.05) is 31.7 Å². The van der Waals surface area contributed by atoms with Crippen molar-refractivity contribution in [1.82, 2.24) is 20.2 Å². The number of hydrogen-bond donors (Lipinski definition) is 2. The normalized spacial score (nSPS) is 20.5. The van der Waals surface area contributed by atoms with Crippen molar-refractivity contribution in [2.45, 2.75) is 90.8 Å². The van der Waals surface area contributed by atoms with Gasteiger partial charge in [0.2, 0.25) is 18.2 Å². The number of hydroxylamine groups is 2. The number of hydrogen-bond acceptors (Lipinski definition) is 6. The lowest BCUT2D eigenvalue weighted by Crippen LogP contribution is -2.58. The first kappa shape index (κ1) is 30.3. The largest absolute Gasteiger partial charge is 0.497 e. The summed E-state index contributed by atoms with van der Waals surface area (Å²) in [5.74, 6) is 0.422. The Morgan fingerprint density at radius 3 is 2.45 bits per heavy atom. The van der Waals surface area contributed by atoms with Gasteiger partial charge in [0.05, 0.1) is 19.6 Å². The minimum Gasteiger partial charge on any atom is -0.497 e. The molecule has 1 saturated carbocycles. The van der Waals surface area contributed by atoms with Gasteiger partial charge in [-0.2, -0.15) is 0 Å². The van der Waals surface area contributed by atoms with E-state index in [1.54, 1.807) is 7.11 Å². The molecule has 0 radical (unpaired) electrons. The van der Waals surface area contributed by atoms with Crippen molar-refractivity contribution in [3.05, 3.63) is 29.3 Å². The number of methoxy groups -OCH3 is 1. The first-order chi connectivity index (χ1) is 19.1. The van der Waals surface area contributed by atoms with Gasteiger partial charge in [-0.15, -0.1) is 0 Å². The summed E-state index contributed by atoms with van der Waals surface area (Å²) < 4.78 is 5.43. The van der Waals surface area contributed by atoms with Crippen molar-refractivity contribution in [2.24, 2.45) is 17.3 Å². The monoisotopic (exact) mass is 556 g/mol. The van der Waals surface area contributed by atoms with Crippen LogP contribution in [0, 0.1) is 17.3 Å². The molecule has 9 nitrogen and oxygen atoms in total. The Labute approximate surface area is 239 Å². The fraction of sp³-hybridized carbons (Fsp3) is 0.710. The van der Waals surface area contributed by atoms with Crippen molar-refractivity contribution in [3.63, 3.8) is 0 Å². The van der Waals surface area contributed by atoms with E-state index in [-0.39, 0.29) is 18.4 Å². The number of amides is 3. The number of piperidine rings is 1. The van der Waals surface area contributed by atoms with Gasteiger partial charge < -0.3 is 15.0 Å². The summed E-state index contributed by atoms with van der Waals surface area (Å²) in [6, 6.07) is 6.08. The van der Waals surface area contributed by atoms with Gasteiger partial charge in [-0.3, -0.25) is 24.5 Å². The Balaban J connectivity index is 1.37. The highest BCUT2D eigenvalue weighted by molar-refractivity contribution is 5.89. The van der Waals surface area contributed by atoms with E-state index in [4.69, 9.17) is 4.74 Å². The molecule has 40 heavy (non-hydrogen) atoms. The van der Waals surface area contributed by atoms with Crippen molar-refractivity contribution in [1.29, 1.82) is 0 Å². The molecule has 2 heterocycles. The SMILES string of the molecule is COc1ccc2c(c1)CN(C1CCN(C(=O)[C@@H](NC(=O)[C@H](CC3CCCC3)CN(O)C=O)C(C)(C)C)CC1)CC2. The summed E-state index contributed by atoms with van der Waals surface area (Å²) in [7, 11) is 1.70. The molecule has 2 atom stereocenters. The van der Waals surface area contributed by atoms with E-state index in [2.05, 4.69) is 22.3 Å². The zero-order valence-electron chi connectivity index (χ0n) is 24.7. The second kappa shape index (κ2) is 13.3. The number of carbonyl (C=O) groups is 3. The predicted molar refractivity (Wildman–Crippen MR) is 153 cm³/mol. The molecule has 0 aromatic heterocycles. The maximum absolute atomic E-state index is 13.8. The van der Waals surface area contributed by atoms with Crippen LogP contribution in [0.5, 0.6) is 5.75 Å². The molecule has 4 rings (SSSR count). The second-order valence-corrected chi connectivity index (χ2v) is 13.0. The molecule has 1 saturated heterocycles. The summed E-state index contributed by atoms with van der Waals surface area (Å²) in [6.45, 7) is 9.09. The third kappa shape index (κ3) is 7.55. The fourth-order valence-corrected chi connectivity index (χ4v) is 6.72. The van der Waals surface area contributed by atoms with Crippen LogP contribution in [-0.2, 0) is 27.3 Å². The van der Waals surface area contributed by atoms with E-state index in [1.165, 1.54) is 11.1 Å². The fourth-order valence-electron chi connectivity index (χ4n) is 6.72. The van der Waals surface area contributed by atoms with Crippen LogP contribution in [-0.4, -0.2) is 83.7 Å². The van der Waals surface area contributed by atoms with Gasteiger partial charge in [0.1, 0.15) is 11.8 Å². The second-order valence-electron chi connectivity index (χ2n) is 13.0. The van der Waals surface area contributed by atoms with E-state index >= 15 is 0 Å². The summed E-state index contributed by atoms with van der Waals surface area (Å²) >= 11 is 0. The van der Waals surface area contributed by atoms with Crippen LogP contribution in [0.15, 0.2) is 18.2 Å². The maximum atomic E-state index is 13.8. The van der Waals surface area contributed by atoms with Crippen LogP contribution in [0.4, 0.5) is 0 Å². The summed E-state index contributed by atoms with van der Waals surface area (Å²) in [4.78, 5) is 42.8. The summed E-state index contributed by atoms with van der Waals surface area (Å²) in [5, 5.41) is 13.5. The molecular weight excluding hydrogens is 508 g/mol. The van der Waals surface area contributed by atoms with E-state index in [0.29, 0.717) is 42.9 Å². The number of nitrogens with one attached hydrogen (secondary N) is 1. The van der Waals surface area contributed by atoms with Gasteiger partial charge in [-0.25, -0.2) is 5.06 Å². The molecule has 3 amide bonds. The molecule has 2 fully saturated rings. The quantitative estimate of drug-likeness (QED) is 0.259. The molecule has 1 aliphatic carbocycles. The Hall–Kier alpha value is -2.65. The first-order valence-corrected chi connectivity index (χ1v) is 15.0. The summed E-state index contributed by atoms with van der Waals surface area (Å²) in [6.07, 6.45) is 8.18. The molecule has 9 heteroatoms. The smallest absolute Gasteiger partial charge is 0.245 e. The van der Waals surface area contributed by atoms with E-state index in [0.717, 1.165) is 63.8 Å². The maximum Gasteiger partial charge on any atom is 0.245 e. The number of nitrogens with zero attached hydrogens (tertiary/aromatic N) is 3. The molecule has 3 aliphatic rings. The highest BCUT2D eigenvalue weighted by atomic mass is 16.5. The van der Waals surface area contributed by atoms with Crippen molar-refractivity contribution >= 4 is 18.2 Å². The number of fused-ring (bicyclic) bond motifs is 1.